The van der Waals surface area contributed by atoms with E-state index in [9.17, 15) is 23.7 Å². The van der Waals surface area contributed by atoms with Gasteiger partial charge < -0.3 is 0 Å². The molecule has 86 valence electrons. The van der Waals surface area contributed by atoms with Gasteiger partial charge in [-0.25, -0.2) is 13.8 Å². The van der Waals surface area contributed by atoms with Crippen molar-refractivity contribution >= 4 is 34.1 Å². The van der Waals surface area contributed by atoms with Gasteiger partial charge in [-0.3, -0.25) is 14.9 Å². The Labute approximate surface area is 97.1 Å². The van der Waals surface area contributed by atoms with Crippen LogP contribution in [0, 0.1) is 10.1 Å². The number of rotatable bonds is 3. The molecule has 0 spiro atoms. The van der Waals surface area contributed by atoms with Gasteiger partial charge in [-0.2, -0.15) is 0 Å². The fourth-order valence-corrected chi connectivity index (χ4v) is 1.42. The average Bonchev–Trinajstić information content (AvgIpc) is 2.15. The molecule has 0 aliphatic rings. The number of hydrogen-bond acceptors (Lipinski definition) is 4. The summed E-state index contributed by atoms with van der Waals surface area (Å²) in [4.78, 5) is 23.4. The number of nitro groups is 1. The minimum Gasteiger partial charge on any atom is -0.274 e. The van der Waals surface area contributed by atoms with Crippen LogP contribution in [0.5, 0.6) is 0 Å². The Hall–Kier alpha value is -1.34. The van der Waals surface area contributed by atoms with Crippen LogP contribution in [0.4, 0.5) is 14.5 Å². The Morgan fingerprint density at radius 3 is 2.50 bits per heavy atom. The number of aromatic nitrogens is 1. The van der Waals surface area contributed by atoms with Gasteiger partial charge in [0.25, 0.3) is 11.7 Å². The van der Waals surface area contributed by atoms with Crippen molar-refractivity contribution in [2.24, 2.45) is 0 Å². The van der Waals surface area contributed by atoms with E-state index in [1.165, 1.54) is 0 Å². The van der Waals surface area contributed by atoms with Crippen molar-refractivity contribution in [3.63, 3.8) is 0 Å². The van der Waals surface area contributed by atoms with Crippen molar-refractivity contribution in [2.45, 2.75) is 6.43 Å². The first-order chi connectivity index (χ1) is 7.36. The van der Waals surface area contributed by atoms with Crippen molar-refractivity contribution in [1.82, 2.24) is 4.98 Å². The van der Waals surface area contributed by atoms with Gasteiger partial charge >= 0.3 is 5.69 Å². The Balaban J connectivity index is 3.54. The predicted molar refractivity (Wildman–Crippen MR) is 51.0 cm³/mol. The molecule has 0 radical (unpaired) electrons. The highest BCUT2D eigenvalue weighted by molar-refractivity contribution is 6.67. The van der Waals surface area contributed by atoms with E-state index in [2.05, 4.69) is 4.98 Å². The van der Waals surface area contributed by atoms with Gasteiger partial charge in [0.2, 0.25) is 0 Å². The van der Waals surface area contributed by atoms with Crippen LogP contribution >= 0.6 is 23.2 Å². The summed E-state index contributed by atoms with van der Waals surface area (Å²) in [6.45, 7) is 0. The molecule has 1 rings (SSSR count). The second-order valence-electron chi connectivity index (χ2n) is 2.55. The molecule has 0 saturated carbocycles. The molecule has 0 unspecified atom stereocenters. The van der Waals surface area contributed by atoms with Crippen molar-refractivity contribution in [3.05, 3.63) is 32.6 Å². The van der Waals surface area contributed by atoms with E-state index < -0.39 is 38.6 Å². The lowest BCUT2D eigenvalue weighted by atomic mass is 10.2. The van der Waals surface area contributed by atoms with Crippen LogP contribution in [-0.4, -0.2) is 15.1 Å². The highest BCUT2D eigenvalue weighted by Gasteiger charge is 2.28. The molecule has 0 aliphatic heterocycles. The zero-order chi connectivity index (χ0) is 12.5. The molecule has 1 heterocycles. The molecule has 0 fully saturated rings. The third kappa shape index (κ3) is 2.25. The van der Waals surface area contributed by atoms with Gasteiger partial charge in [-0.1, -0.05) is 11.6 Å². The molecule has 0 bridgehead atoms. The third-order valence-electron chi connectivity index (χ3n) is 1.63. The van der Waals surface area contributed by atoms with Crippen LogP contribution in [0.3, 0.4) is 0 Å². The lowest BCUT2D eigenvalue weighted by Gasteiger charge is -2.06. The summed E-state index contributed by atoms with van der Waals surface area (Å²) in [5.74, 6) is 0. The summed E-state index contributed by atoms with van der Waals surface area (Å²) in [5.41, 5.74) is -2.62. The topological polar surface area (TPSA) is 73.1 Å². The molecule has 1 aromatic rings. The van der Waals surface area contributed by atoms with E-state index in [1.807, 2.05) is 0 Å². The maximum Gasteiger partial charge on any atom is 0.306 e. The van der Waals surface area contributed by atoms with Gasteiger partial charge in [0.1, 0.15) is 16.9 Å². The van der Waals surface area contributed by atoms with Crippen LogP contribution in [0.25, 0.3) is 0 Å². The zero-order valence-corrected chi connectivity index (χ0v) is 8.80. The van der Waals surface area contributed by atoms with Crippen LogP contribution in [0.15, 0.2) is 6.20 Å². The van der Waals surface area contributed by atoms with E-state index >= 15 is 0 Å². The van der Waals surface area contributed by atoms with Gasteiger partial charge in [0, 0.05) is 0 Å². The SMILES string of the molecule is O=C(Cl)c1ncc([N+](=O)[O-])c(Cl)c1C(F)F. The quantitative estimate of drug-likeness (QED) is 0.481. The molecule has 0 atom stereocenters. The number of nitrogens with zero attached hydrogens (tertiary/aromatic N) is 2. The molecule has 0 saturated heterocycles. The molecule has 0 amide bonds. The van der Waals surface area contributed by atoms with Gasteiger partial charge in [-0.15, -0.1) is 0 Å². The molecule has 0 aliphatic carbocycles. The maximum absolute atomic E-state index is 12.5. The smallest absolute Gasteiger partial charge is 0.274 e. The fraction of sp³-hybridized carbons (Fsp3) is 0.143. The molecule has 9 heteroatoms. The molecule has 0 aromatic carbocycles. The summed E-state index contributed by atoms with van der Waals surface area (Å²) < 4.78 is 25.1. The van der Waals surface area contributed by atoms with E-state index in [-0.39, 0.29) is 0 Å². The van der Waals surface area contributed by atoms with Crippen molar-refractivity contribution < 1.29 is 18.5 Å². The normalized spacial score (nSPS) is 10.6. The fourth-order valence-electron chi connectivity index (χ4n) is 0.977. The highest BCUT2D eigenvalue weighted by Crippen LogP contribution is 2.35. The number of halogens is 4. The predicted octanol–water partition coefficient (Wildman–Crippen LogP) is 2.96. The lowest BCUT2D eigenvalue weighted by Crippen LogP contribution is -2.05. The Morgan fingerprint density at radius 2 is 2.12 bits per heavy atom. The van der Waals surface area contributed by atoms with Crippen molar-refractivity contribution in [1.29, 1.82) is 0 Å². The number of pyridine rings is 1. The van der Waals surface area contributed by atoms with Crippen molar-refractivity contribution in [3.8, 4) is 0 Å². The number of carbonyl (C=O) groups is 1. The number of alkyl halides is 2. The standard InChI is InChI=1S/C7H2Cl2F2N2O3/c8-4-2(13(15)16)1-12-5(6(9)14)3(4)7(10)11/h1,7H. The summed E-state index contributed by atoms with van der Waals surface area (Å²) in [6.07, 6.45) is -2.58. The largest absolute Gasteiger partial charge is 0.306 e. The first-order valence-corrected chi connectivity index (χ1v) is 4.42. The Morgan fingerprint density at radius 1 is 1.56 bits per heavy atom. The van der Waals surface area contributed by atoms with Gasteiger partial charge in [0.15, 0.2) is 0 Å². The number of hydrogen-bond donors (Lipinski definition) is 0. The van der Waals surface area contributed by atoms with Crippen molar-refractivity contribution in [2.75, 3.05) is 0 Å². The summed E-state index contributed by atoms with van der Waals surface area (Å²) in [5, 5.41) is 8.30. The molecular formula is C7H2Cl2F2N2O3. The molecule has 5 nitrogen and oxygen atoms in total. The summed E-state index contributed by atoms with van der Waals surface area (Å²) in [6, 6.07) is 0. The van der Waals surface area contributed by atoms with E-state index in [4.69, 9.17) is 23.2 Å². The molecule has 16 heavy (non-hydrogen) atoms. The van der Waals surface area contributed by atoms with Gasteiger partial charge in [0.05, 0.1) is 10.5 Å². The minimum atomic E-state index is -3.18. The second kappa shape index (κ2) is 4.67. The first-order valence-electron chi connectivity index (χ1n) is 3.67. The van der Waals surface area contributed by atoms with Gasteiger partial charge in [-0.05, 0) is 11.6 Å². The lowest BCUT2D eigenvalue weighted by molar-refractivity contribution is -0.385. The molecular weight excluding hydrogens is 269 g/mol. The van der Waals surface area contributed by atoms with E-state index in [0.717, 1.165) is 0 Å². The van der Waals surface area contributed by atoms with Crippen LogP contribution in [0.1, 0.15) is 22.5 Å². The Bertz CT molecular complexity index is 467. The Kier molecular flexibility index (Phi) is 3.71. The third-order valence-corrected chi connectivity index (χ3v) is 2.21. The summed E-state index contributed by atoms with van der Waals surface area (Å²) in [7, 11) is 0. The average molecular weight is 271 g/mol. The maximum atomic E-state index is 12.5. The monoisotopic (exact) mass is 270 g/mol. The first kappa shape index (κ1) is 12.7. The van der Waals surface area contributed by atoms with E-state index in [1.54, 1.807) is 0 Å². The number of carbonyl (C=O) groups excluding carboxylic acids is 1. The molecule has 0 N–H and O–H groups in total. The summed E-state index contributed by atoms with van der Waals surface area (Å²) >= 11 is 10.4. The second-order valence-corrected chi connectivity index (χ2v) is 3.27. The zero-order valence-electron chi connectivity index (χ0n) is 7.29. The van der Waals surface area contributed by atoms with E-state index in [0.29, 0.717) is 6.20 Å². The molecule has 1 aromatic heterocycles. The van der Waals surface area contributed by atoms with Crippen LogP contribution in [0.2, 0.25) is 5.02 Å². The highest BCUT2D eigenvalue weighted by atomic mass is 35.5. The minimum absolute atomic E-state index is 0.601. The van der Waals surface area contributed by atoms with Crippen LogP contribution in [-0.2, 0) is 0 Å². The van der Waals surface area contributed by atoms with Crippen LogP contribution < -0.4 is 0 Å².